The molecule has 13 nitrogen and oxygen atoms in total. The molecule has 0 saturated carbocycles. The number of carbonyl (C=O) groups excluding carboxylic acids is 1. The lowest BCUT2D eigenvalue weighted by molar-refractivity contribution is -0.137. The zero-order chi connectivity index (χ0) is 30.2. The highest BCUT2D eigenvalue weighted by Gasteiger charge is 2.47. The lowest BCUT2D eigenvalue weighted by Gasteiger charge is -2.16. The predicted molar refractivity (Wildman–Crippen MR) is 166 cm³/mol. The van der Waals surface area contributed by atoms with Crippen molar-refractivity contribution >= 4 is 62.6 Å². The summed E-state index contributed by atoms with van der Waals surface area (Å²) in [6.07, 6.45) is -3.81. The van der Waals surface area contributed by atoms with Gasteiger partial charge in [0.2, 0.25) is 5.82 Å². The molecule has 1 amide bonds. The Morgan fingerprint density at radius 3 is 2.65 bits per heavy atom. The summed E-state index contributed by atoms with van der Waals surface area (Å²) in [7, 11) is 5.16. The van der Waals surface area contributed by atoms with Gasteiger partial charge in [0.05, 0.1) is 9.90 Å². The van der Waals surface area contributed by atoms with Crippen LogP contribution in [0.25, 0.3) is 22.3 Å². The second-order valence-corrected chi connectivity index (χ2v) is 11.2. The third kappa shape index (κ3) is 5.59. The molecule has 14 heteroatoms. The first-order chi connectivity index (χ1) is 20.7. The van der Waals surface area contributed by atoms with Crippen molar-refractivity contribution in [2.75, 3.05) is 31.4 Å². The van der Waals surface area contributed by atoms with E-state index in [1.165, 1.54) is 17.9 Å². The number of hydrogen-bond donors (Lipinski definition) is 4. The van der Waals surface area contributed by atoms with E-state index in [1.54, 1.807) is 4.90 Å². The number of rotatable bonds is 6. The Morgan fingerprint density at radius 2 is 1.91 bits per heavy atom. The first kappa shape index (κ1) is 28.8. The maximum atomic E-state index is 12.2. The highest BCUT2D eigenvalue weighted by Crippen LogP contribution is 2.33. The molecule has 220 valence electrons. The van der Waals surface area contributed by atoms with Crippen LogP contribution in [0.3, 0.4) is 0 Å². The van der Waals surface area contributed by atoms with Gasteiger partial charge in [-0.25, -0.2) is 15.0 Å². The second-order valence-electron chi connectivity index (χ2n) is 10.0. The first-order valence-corrected chi connectivity index (χ1v) is 14.4. The minimum absolute atomic E-state index is 0.202. The van der Waals surface area contributed by atoms with Gasteiger partial charge in [-0.1, -0.05) is 24.1 Å². The van der Waals surface area contributed by atoms with Crippen LogP contribution < -0.4 is 15.5 Å². The maximum absolute atomic E-state index is 12.2. The van der Waals surface area contributed by atoms with E-state index in [4.69, 9.17) is 9.15 Å². The SMILES string of the molecule is CNC(=O)[C@H]1O[C@@H](n2cnc3c(NCc4cc(I)c5oc(N(C)C)nc5c4)nc(C#Cc4ccccc4)nc32)[C@@H](O)C1O. The normalized spacial score (nSPS) is 19.8. The molecule has 3 aromatic heterocycles. The first-order valence-electron chi connectivity index (χ1n) is 13.3. The van der Waals surface area contributed by atoms with Crippen molar-refractivity contribution < 1.29 is 24.2 Å². The molecule has 1 unspecified atom stereocenters. The molecule has 4 N–H and O–H groups in total. The van der Waals surface area contributed by atoms with Crippen molar-refractivity contribution in [1.29, 1.82) is 0 Å². The number of aromatic nitrogens is 5. The van der Waals surface area contributed by atoms with Crippen LogP contribution in [-0.2, 0) is 16.1 Å². The van der Waals surface area contributed by atoms with Crippen LogP contribution in [0.5, 0.6) is 0 Å². The van der Waals surface area contributed by atoms with Gasteiger partial charge in [0.1, 0.15) is 17.7 Å². The van der Waals surface area contributed by atoms with E-state index in [1.807, 2.05) is 56.6 Å². The van der Waals surface area contributed by atoms with E-state index >= 15 is 0 Å². The van der Waals surface area contributed by atoms with Crippen LogP contribution in [0.2, 0.25) is 0 Å². The fourth-order valence-electron chi connectivity index (χ4n) is 4.69. The van der Waals surface area contributed by atoms with Crippen molar-refractivity contribution in [2.24, 2.45) is 0 Å². The Bertz CT molecular complexity index is 1880. The number of nitrogens with one attached hydrogen (secondary N) is 2. The third-order valence-electron chi connectivity index (χ3n) is 6.87. The molecule has 1 fully saturated rings. The van der Waals surface area contributed by atoms with E-state index in [0.717, 1.165) is 20.2 Å². The molecule has 1 aliphatic heterocycles. The summed E-state index contributed by atoms with van der Waals surface area (Å²) < 4.78 is 14.0. The number of hydrogen-bond acceptors (Lipinski definition) is 11. The second kappa shape index (κ2) is 11.8. The third-order valence-corrected chi connectivity index (χ3v) is 7.67. The molecule has 2 aromatic carbocycles. The Kier molecular flexibility index (Phi) is 7.88. The number of benzene rings is 2. The van der Waals surface area contributed by atoms with Crippen molar-refractivity contribution in [1.82, 2.24) is 29.8 Å². The number of ether oxygens (including phenoxy) is 1. The van der Waals surface area contributed by atoms with Crippen molar-refractivity contribution in [3.05, 3.63) is 69.3 Å². The van der Waals surface area contributed by atoms with Crippen LogP contribution in [0.15, 0.2) is 53.2 Å². The molecular weight excluding hydrogens is 667 g/mol. The van der Waals surface area contributed by atoms with Gasteiger partial charge in [-0.15, -0.1) is 0 Å². The fourth-order valence-corrected chi connectivity index (χ4v) is 5.48. The van der Waals surface area contributed by atoms with E-state index in [-0.39, 0.29) is 5.82 Å². The number of amides is 1. The van der Waals surface area contributed by atoms with Gasteiger partial charge < -0.3 is 34.9 Å². The number of aliphatic hydroxyl groups excluding tert-OH is 2. The van der Waals surface area contributed by atoms with Crippen LogP contribution in [-0.4, -0.2) is 80.1 Å². The monoisotopic (exact) mass is 694 g/mol. The van der Waals surface area contributed by atoms with E-state index in [2.05, 4.69) is 65.0 Å². The van der Waals surface area contributed by atoms with E-state index in [0.29, 0.717) is 35.1 Å². The Labute approximate surface area is 259 Å². The summed E-state index contributed by atoms with van der Waals surface area (Å²) in [6, 6.07) is 13.9. The largest absolute Gasteiger partial charge is 0.422 e. The molecule has 6 rings (SSSR count). The van der Waals surface area contributed by atoms with Gasteiger partial charge in [0, 0.05) is 33.3 Å². The Hall–Kier alpha value is -4.30. The van der Waals surface area contributed by atoms with E-state index < -0.39 is 30.4 Å². The number of halogens is 1. The minimum atomic E-state index is -1.44. The topological polar surface area (TPSA) is 164 Å². The summed E-state index contributed by atoms with van der Waals surface area (Å²) in [5, 5.41) is 27.1. The standard InChI is InChI=1S/C29H27IN8O5/c1-31-27(41)24-21(39)22(40)28(42-24)38-14-33-20-25(35-19(36-26(20)38)10-9-15-7-5-4-6-8-15)32-13-16-11-17(30)23-18(12-16)34-29(43-23)37(2)3/h4-8,11-12,14,21-22,24,28,39-40H,13H2,1-3H3,(H,31,41)(H,32,35,36)/t21?,22-,24-,28+/m0/s1. The van der Waals surface area contributed by atoms with Gasteiger partial charge in [-0.3, -0.25) is 9.36 Å². The van der Waals surface area contributed by atoms with Gasteiger partial charge in [0.15, 0.2) is 34.9 Å². The average Bonchev–Trinajstić information content (AvgIpc) is 3.71. The van der Waals surface area contributed by atoms with Crippen molar-refractivity contribution in [2.45, 2.75) is 31.1 Å². The number of anilines is 2. The highest BCUT2D eigenvalue weighted by atomic mass is 127. The molecule has 0 spiro atoms. The number of fused-ring (bicyclic) bond motifs is 2. The summed E-state index contributed by atoms with van der Waals surface area (Å²) in [5.74, 6) is 6.12. The minimum Gasteiger partial charge on any atom is -0.422 e. The van der Waals surface area contributed by atoms with E-state index in [9.17, 15) is 15.0 Å². The molecule has 1 aliphatic rings. The zero-order valence-corrected chi connectivity index (χ0v) is 25.5. The van der Waals surface area contributed by atoms with Gasteiger partial charge in [-0.2, -0.15) is 4.98 Å². The number of likely N-dealkylation sites (N-methyl/N-ethyl adjacent to an activating group) is 1. The smallest absolute Gasteiger partial charge is 0.297 e. The molecule has 1 saturated heterocycles. The lowest BCUT2D eigenvalue weighted by Crippen LogP contribution is -2.41. The molecule has 5 aromatic rings. The van der Waals surface area contributed by atoms with Crippen molar-refractivity contribution in [3.8, 4) is 11.8 Å². The molecule has 0 aliphatic carbocycles. The molecule has 4 heterocycles. The van der Waals surface area contributed by atoms with Crippen LogP contribution in [0.1, 0.15) is 23.2 Å². The van der Waals surface area contributed by atoms with Gasteiger partial charge >= 0.3 is 0 Å². The van der Waals surface area contributed by atoms with Crippen LogP contribution in [0, 0.1) is 15.4 Å². The molecular formula is C29H27IN8O5. The number of imidazole rings is 1. The average molecular weight is 694 g/mol. The summed E-state index contributed by atoms with van der Waals surface area (Å²) in [4.78, 5) is 32.4. The number of oxazole rings is 1. The van der Waals surface area contributed by atoms with Crippen LogP contribution in [0.4, 0.5) is 11.8 Å². The Morgan fingerprint density at radius 1 is 1.12 bits per heavy atom. The molecule has 43 heavy (non-hydrogen) atoms. The molecule has 0 radical (unpaired) electrons. The molecule has 0 bridgehead atoms. The fraction of sp³-hybridized carbons (Fsp3) is 0.276. The summed E-state index contributed by atoms with van der Waals surface area (Å²) in [6.45, 7) is 0.376. The van der Waals surface area contributed by atoms with Gasteiger partial charge in [-0.05, 0) is 58.3 Å². The quantitative estimate of drug-likeness (QED) is 0.152. The highest BCUT2D eigenvalue weighted by molar-refractivity contribution is 14.1. The predicted octanol–water partition coefficient (Wildman–Crippen LogP) is 2.02. The summed E-state index contributed by atoms with van der Waals surface area (Å²) in [5.41, 5.74) is 3.86. The maximum Gasteiger partial charge on any atom is 0.297 e. The summed E-state index contributed by atoms with van der Waals surface area (Å²) >= 11 is 2.22. The van der Waals surface area contributed by atoms with Crippen LogP contribution >= 0.6 is 22.6 Å². The zero-order valence-electron chi connectivity index (χ0n) is 23.3. The van der Waals surface area contributed by atoms with Gasteiger partial charge in [0.25, 0.3) is 11.9 Å². The lowest BCUT2D eigenvalue weighted by atomic mass is 10.1. The number of aliphatic hydroxyl groups is 2. The number of nitrogens with zero attached hydrogens (tertiary/aromatic N) is 6. The molecule has 4 atom stereocenters. The Balaban J connectivity index is 1.38. The number of carbonyl (C=O) groups is 1. The van der Waals surface area contributed by atoms with Crippen molar-refractivity contribution in [3.63, 3.8) is 0 Å².